The predicted octanol–water partition coefficient (Wildman–Crippen LogP) is 3.44. The number of hydrogen-bond donors (Lipinski definition) is 1. The Bertz CT molecular complexity index is 849. The smallest absolute Gasteiger partial charge is 0.254 e. The number of likely N-dealkylation sites (tertiary alicyclic amines) is 1. The molecule has 0 saturated carbocycles. The zero-order chi connectivity index (χ0) is 19.6. The molecular formula is C21H21ClN2O3. The van der Waals surface area contributed by atoms with Gasteiger partial charge in [-0.2, -0.15) is 0 Å². The molecule has 0 aromatic heterocycles. The number of benzene rings is 2. The number of aliphatic hydroxyl groups is 1. The lowest BCUT2D eigenvalue weighted by molar-refractivity contribution is -0.113. The maximum atomic E-state index is 13.0. The standard InChI is InChI=1S/C21H21ClN2O3/c1-3-19(26)23(2)17-10-6-15(7-11-17)21(27)24-13-12-18(25)20(24)14-4-8-16(22)9-5-14/h3-11,18,20,25H,1,12-13H2,2H3/t18-,20-/m1/s1. The summed E-state index contributed by atoms with van der Waals surface area (Å²) in [5.41, 5.74) is 2.03. The fourth-order valence-electron chi connectivity index (χ4n) is 3.32. The summed E-state index contributed by atoms with van der Waals surface area (Å²) in [7, 11) is 1.65. The summed E-state index contributed by atoms with van der Waals surface area (Å²) in [6, 6.07) is 13.6. The third kappa shape index (κ3) is 3.89. The van der Waals surface area contributed by atoms with Gasteiger partial charge in [0, 0.05) is 29.9 Å². The second-order valence-corrected chi connectivity index (χ2v) is 6.94. The first kappa shape index (κ1) is 19.1. The average molecular weight is 385 g/mol. The van der Waals surface area contributed by atoms with Gasteiger partial charge in [0.15, 0.2) is 0 Å². The van der Waals surface area contributed by atoms with Crippen LogP contribution in [0.1, 0.15) is 28.4 Å². The predicted molar refractivity (Wildman–Crippen MR) is 106 cm³/mol. The minimum absolute atomic E-state index is 0.157. The number of hydrogen-bond acceptors (Lipinski definition) is 3. The van der Waals surface area contributed by atoms with Crippen molar-refractivity contribution in [1.82, 2.24) is 4.90 Å². The summed E-state index contributed by atoms with van der Waals surface area (Å²) in [6.07, 6.45) is 1.14. The van der Waals surface area contributed by atoms with Crippen LogP contribution in [0.3, 0.4) is 0 Å². The largest absolute Gasteiger partial charge is 0.391 e. The zero-order valence-corrected chi connectivity index (χ0v) is 15.8. The van der Waals surface area contributed by atoms with E-state index in [4.69, 9.17) is 11.6 Å². The van der Waals surface area contributed by atoms with Gasteiger partial charge in [0.2, 0.25) is 5.91 Å². The number of anilines is 1. The lowest BCUT2D eigenvalue weighted by Crippen LogP contribution is -2.33. The molecule has 2 atom stereocenters. The summed E-state index contributed by atoms with van der Waals surface area (Å²) in [5, 5.41) is 11.0. The number of amides is 2. The van der Waals surface area contributed by atoms with Crippen LogP contribution < -0.4 is 4.90 Å². The molecule has 0 bridgehead atoms. The van der Waals surface area contributed by atoms with Crippen LogP contribution in [0.5, 0.6) is 0 Å². The van der Waals surface area contributed by atoms with E-state index in [1.165, 1.54) is 11.0 Å². The van der Waals surface area contributed by atoms with E-state index in [9.17, 15) is 14.7 Å². The first-order chi connectivity index (χ1) is 12.9. The van der Waals surface area contributed by atoms with Crippen molar-refractivity contribution >= 4 is 29.1 Å². The van der Waals surface area contributed by atoms with E-state index in [0.29, 0.717) is 29.2 Å². The third-order valence-electron chi connectivity index (χ3n) is 4.85. The van der Waals surface area contributed by atoms with Gasteiger partial charge in [0.25, 0.3) is 5.91 Å². The van der Waals surface area contributed by atoms with Crippen molar-refractivity contribution in [3.8, 4) is 0 Å². The number of nitrogens with zero attached hydrogens (tertiary/aromatic N) is 2. The van der Waals surface area contributed by atoms with E-state index in [1.807, 2.05) is 12.1 Å². The lowest BCUT2D eigenvalue weighted by Gasteiger charge is -2.27. The summed E-state index contributed by atoms with van der Waals surface area (Å²) in [4.78, 5) is 27.8. The fourth-order valence-corrected chi connectivity index (χ4v) is 3.45. The molecule has 1 aliphatic rings. The fraction of sp³-hybridized carbons (Fsp3) is 0.238. The van der Waals surface area contributed by atoms with Crippen molar-refractivity contribution in [3.63, 3.8) is 0 Å². The molecule has 1 N–H and O–H groups in total. The van der Waals surface area contributed by atoms with E-state index < -0.39 is 12.1 Å². The molecule has 2 aromatic rings. The molecular weight excluding hydrogens is 364 g/mol. The van der Waals surface area contributed by atoms with Gasteiger partial charge in [-0.3, -0.25) is 9.59 Å². The van der Waals surface area contributed by atoms with Gasteiger partial charge in [-0.05, 0) is 54.5 Å². The van der Waals surface area contributed by atoms with Crippen LogP contribution in [0.2, 0.25) is 5.02 Å². The van der Waals surface area contributed by atoms with Crippen LogP contribution in [0, 0.1) is 0 Å². The van der Waals surface area contributed by atoms with E-state index >= 15 is 0 Å². The maximum absolute atomic E-state index is 13.0. The Labute approximate surface area is 163 Å². The van der Waals surface area contributed by atoms with Gasteiger partial charge in [0.05, 0.1) is 12.1 Å². The summed E-state index contributed by atoms with van der Waals surface area (Å²) >= 11 is 5.95. The summed E-state index contributed by atoms with van der Waals surface area (Å²) in [5.74, 6) is -0.379. The topological polar surface area (TPSA) is 60.9 Å². The number of carbonyl (C=O) groups excluding carboxylic acids is 2. The van der Waals surface area contributed by atoms with Crippen LogP contribution in [-0.2, 0) is 4.79 Å². The van der Waals surface area contributed by atoms with Crippen LogP contribution in [-0.4, -0.2) is 41.5 Å². The molecule has 1 saturated heterocycles. The Kier molecular flexibility index (Phi) is 5.63. The van der Waals surface area contributed by atoms with Gasteiger partial charge < -0.3 is 14.9 Å². The Morgan fingerprint density at radius 3 is 2.41 bits per heavy atom. The van der Waals surface area contributed by atoms with Gasteiger partial charge in [0.1, 0.15) is 0 Å². The molecule has 1 fully saturated rings. The molecule has 5 nitrogen and oxygen atoms in total. The molecule has 2 amide bonds. The van der Waals surface area contributed by atoms with Crippen LogP contribution in [0.25, 0.3) is 0 Å². The molecule has 0 radical (unpaired) electrons. The number of halogens is 1. The molecule has 1 aliphatic heterocycles. The average Bonchev–Trinajstić information content (AvgIpc) is 3.08. The Morgan fingerprint density at radius 2 is 1.81 bits per heavy atom. The first-order valence-corrected chi connectivity index (χ1v) is 9.05. The van der Waals surface area contributed by atoms with E-state index in [1.54, 1.807) is 48.3 Å². The van der Waals surface area contributed by atoms with Gasteiger partial charge in [-0.1, -0.05) is 30.3 Å². The van der Waals surface area contributed by atoms with Crippen molar-refractivity contribution < 1.29 is 14.7 Å². The van der Waals surface area contributed by atoms with E-state index in [0.717, 1.165) is 5.56 Å². The molecule has 140 valence electrons. The molecule has 6 heteroatoms. The molecule has 27 heavy (non-hydrogen) atoms. The Morgan fingerprint density at radius 1 is 1.19 bits per heavy atom. The quantitative estimate of drug-likeness (QED) is 0.821. The Balaban J connectivity index is 1.82. The molecule has 3 rings (SSSR count). The zero-order valence-electron chi connectivity index (χ0n) is 15.0. The first-order valence-electron chi connectivity index (χ1n) is 8.67. The molecule has 2 aromatic carbocycles. The van der Waals surface area contributed by atoms with Crippen molar-refractivity contribution in [3.05, 3.63) is 77.3 Å². The SMILES string of the molecule is C=CC(=O)N(C)c1ccc(C(=O)N2CC[C@@H](O)[C@H]2c2ccc(Cl)cc2)cc1. The van der Waals surface area contributed by atoms with Crippen molar-refractivity contribution in [2.75, 3.05) is 18.5 Å². The van der Waals surface area contributed by atoms with Gasteiger partial charge in [-0.15, -0.1) is 0 Å². The summed E-state index contributed by atoms with van der Waals surface area (Å²) < 4.78 is 0. The highest BCUT2D eigenvalue weighted by molar-refractivity contribution is 6.30. The maximum Gasteiger partial charge on any atom is 0.254 e. The molecule has 0 aliphatic carbocycles. The van der Waals surface area contributed by atoms with Crippen molar-refractivity contribution in [2.45, 2.75) is 18.6 Å². The van der Waals surface area contributed by atoms with Crippen molar-refractivity contribution in [1.29, 1.82) is 0 Å². The van der Waals surface area contributed by atoms with Crippen LogP contribution in [0.4, 0.5) is 5.69 Å². The number of carbonyl (C=O) groups is 2. The highest BCUT2D eigenvalue weighted by Gasteiger charge is 2.37. The van der Waals surface area contributed by atoms with Gasteiger partial charge in [-0.25, -0.2) is 0 Å². The normalized spacial score (nSPS) is 19.0. The molecule has 0 spiro atoms. The van der Waals surface area contributed by atoms with Gasteiger partial charge >= 0.3 is 0 Å². The second-order valence-electron chi connectivity index (χ2n) is 6.50. The second kappa shape index (κ2) is 7.94. The minimum atomic E-state index is -0.620. The number of rotatable bonds is 4. The number of aliphatic hydroxyl groups excluding tert-OH is 1. The monoisotopic (exact) mass is 384 g/mol. The van der Waals surface area contributed by atoms with E-state index in [2.05, 4.69) is 6.58 Å². The lowest BCUT2D eigenvalue weighted by atomic mass is 10.0. The molecule has 0 unspecified atom stereocenters. The van der Waals surface area contributed by atoms with Crippen molar-refractivity contribution in [2.24, 2.45) is 0 Å². The summed E-state index contributed by atoms with van der Waals surface area (Å²) in [6.45, 7) is 3.95. The van der Waals surface area contributed by atoms with Crippen LogP contribution >= 0.6 is 11.6 Å². The molecule has 1 heterocycles. The number of likely N-dealkylation sites (N-methyl/N-ethyl adjacent to an activating group) is 1. The van der Waals surface area contributed by atoms with E-state index in [-0.39, 0.29) is 11.8 Å². The van der Waals surface area contributed by atoms with Crippen LogP contribution in [0.15, 0.2) is 61.2 Å². The minimum Gasteiger partial charge on any atom is -0.391 e. The highest BCUT2D eigenvalue weighted by Crippen LogP contribution is 2.34. The third-order valence-corrected chi connectivity index (χ3v) is 5.10. The Hall–Kier alpha value is -2.63. The highest BCUT2D eigenvalue weighted by atomic mass is 35.5.